The highest BCUT2D eigenvalue weighted by Crippen LogP contribution is 2.34. The molecular weight excluding hydrogens is 305 g/mol. The monoisotopic (exact) mass is 329 g/mol. The Kier molecular flexibility index (Phi) is 6.81. The Bertz CT molecular complexity index is 446. The van der Waals surface area contributed by atoms with Crippen molar-refractivity contribution in [1.29, 1.82) is 0 Å². The zero-order chi connectivity index (χ0) is 15.2. The van der Waals surface area contributed by atoms with E-state index >= 15 is 0 Å². The van der Waals surface area contributed by atoms with Crippen LogP contribution in [-0.4, -0.2) is 25.3 Å². The van der Waals surface area contributed by atoms with Crippen molar-refractivity contribution in [2.24, 2.45) is 5.92 Å². The second-order valence-electron chi connectivity index (χ2n) is 5.84. The Morgan fingerprint density at radius 3 is 2.67 bits per heavy atom. The minimum atomic E-state index is 0.473. The third kappa shape index (κ3) is 5.14. The molecule has 0 radical (unpaired) electrons. The maximum Gasteiger partial charge on any atom is 0.0580 e. The summed E-state index contributed by atoms with van der Waals surface area (Å²) in [5.74, 6) is 0.775. The molecule has 1 aromatic rings. The van der Waals surface area contributed by atoms with Crippen molar-refractivity contribution in [2.75, 3.05) is 13.2 Å². The fourth-order valence-electron chi connectivity index (χ4n) is 3.12. The molecule has 1 aromatic carbocycles. The predicted molar refractivity (Wildman–Crippen MR) is 90.4 cm³/mol. The highest BCUT2D eigenvalue weighted by atomic mass is 35.5. The van der Waals surface area contributed by atoms with Gasteiger partial charge < -0.3 is 10.1 Å². The average Bonchev–Trinajstić information content (AvgIpc) is 2.39. The maximum atomic E-state index is 6.29. The quantitative estimate of drug-likeness (QED) is 0.745. The lowest BCUT2D eigenvalue weighted by molar-refractivity contribution is -0.0289. The highest BCUT2D eigenvalue weighted by Gasteiger charge is 2.31. The van der Waals surface area contributed by atoms with E-state index in [0.717, 1.165) is 30.5 Å². The molecule has 0 aromatic heterocycles. The lowest BCUT2D eigenvalue weighted by Crippen LogP contribution is -2.39. The fourth-order valence-corrected chi connectivity index (χ4v) is 3.61. The molecule has 0 amide bonds. The van der Waals surface area contributed by atoms with Crippen molar-refractivity contribution in [3.05, 3.63) is 33.8 Å². The topological polar surface area (TPSA) is 21.3 Å². The number of likely N-dealkylation sites (N-methyl/N-ethyl adjacent to an activating group) is 1. The van der Waals surface area contributed by atoms with Crippen molar-refractivity contribution >= 4 is 23.2 Å². The minimum absolute atomic E-state index is 0.473. The van der Waals surface area contributed by atoms with Crippen LogP contribution in [0.4, 0.5) is 0 Å². The molecule has 2 nitrogen and oxygen atoms in total. The molecule has 1 saturated carbocycles. The molecule has 1 unspecified atom stereocenters. The minimum Gasteiger partial charge on any atom is -0.378 e. The molecule has 2 rings (SSSR count). The second-order valence-corrected chi connectivity index (χ2v) is 6.69. The van der Waals surface area contributed by atoms with Gasteiger partial charge in [0.15, 0.2) is 0 Å². The standard InChI is InChI=1S/C17H25Cl2NO/c1-3-20-15(7-12-8-16(9-12)21-4-2)10-13-5-6-14(18)11-17(13)19/h5-6,11-12,15-16,20H,3-4,7-10H2,1-2H3. The number of hydrogen-bond acceptors (Lipinski definition) is 2. The molecule has 1 aliphatic rings. The molecule has 0 spiro atoms. The molecule has 118 valence electrons. The number of rotatable bonds is 8. The molecular formula is C17H25Cl2NO. The average molecular weight is 330 g/mol. The van der Waals surface area contributed by atoms with Gasteiger partial charge in [0.05, 0.1) is 6.10 Å². The maximum absolute atomic E-state index is 6.29. The van der Waals surface area contributed by atoms with Gasteiger partial charge in [-0.15, -0.1) is 0 Å². The third-order valence-electron chi connectivity index (χ3n) is 4.19. The van der Waals surface area contributed by atoms with Crippen molar-refractivity contribution in [3.63, 3.8) is 0 Å². The molecule has 1 aliphatic carbocycles. The van der Waals surface area contributed by atoms with Crippen LogP contribution < -0.4 is 5.32 Å². The highest BCUT2D eigenvalue weighted by molar-refractivity contribution is 6.35. The van der Waals surface area contributed by atoms with Crippen LogP contribution in [0.5, 0.6) is 0 Å². The van der Waals surface area contributed by atoms with E-state index in [2.05, 4.69) is 19.2 Å². The van der Waals surface area contributed by atoms with Crippen molar-refractivity contribution in [1.82, 2.24) is 5.32 Å². The van der Waals surface area contributed by atoms with Gasteiger partial charge in [-0.05, 0) is 62.8 Å². The molecule has 21 heavy (non-hydrogen) atoms. The molecule has 1 fully saturated rings. The molecule has 1 N–H and O–H groups in total. The van der Waals surface area contributed by atoms with Gasteiger partial charge >= 0.3 is 0 Å². The fraction of sp³-hybridized carbons (Fsp3) is 0.647. The van der Waals surface area contributed by atoms with Crippen LogP contribution in [0.15, 0.2) is 18.2 Å². The molecule has 0 saturated heterocycles. The summed E-state index contributed by atoms with van der Waals surface area (Å²) in [7, 11) is 0. The largest absolute Gasteiger partial charge is 0.378 e. The molecule has 1 atom stereocenters. The van der Waals surface area contributed by atoms with Crippen LogP contribution in [0.3, 0.4) is 0 Å². The number of hydrogen-bond donors (Lipinski definition) is 1. The first-order chi connectivity index (χ1) is 10.1. The number of halogens is 2. The van der Waals surface area contributed by atoms with Crippen LogP contribution in [-0.2, 0) is 11.2 Å². The summed E-state index contributed by atoms with van der Waals surface area (Å²) in [6.07, 6.45) is 5.03. The number of benzene rings is 1. The van der Waals surface area contributed by atoms with E-state index in [9.17, 15) is 0 Å². The van der Waals surface area contributed by atoms with E-state index in [1.165, 1.54) is 24.8 Å². The first kappa shape index (κ1) is 17.1. The first-order valence-corrected chi connectivity index (χ1v) is 8.66. The van der Waals surface area contributed by atoms with Crippen molar-refractivity contribution in [3.8, 4) is 0 Å². The normalized spacial score (nSPS) is 22.9. The SMILES string of the molecule is CCNC(Cc1ccc(Cl)cc1Cl)CC1CC(OCC)C1. The second kappa shape index (κ2) is 8.38. The third-order valence-corrected chi connectivity index (χ3v) is 4.77. The van der Waals surface area contributed by atoms with Gasteiger partial charge in [-0.3, -0.25) is 0 Å². The van der Waals surface area contributed by atoms with Gasteiger partial charge in [-0.2, -0.15) is 0 Å². The molecule has 0 heterocycles. The van der Waals surface area contributed by atoms with Crippen LogP contribution >= 0.6 is 23.2 Å². The van der Waals surface area contributed by atoms with Gasteiger partial charge in [0.2, 0.25) is 0 Å². The van der Waals surface area contributed by atoms with Gasteiger partial charge in [-0.1, -0.05) is 36.2 Å². The van der Waals surface area contributed by atoms with Crippen LogP contribution in [0.25, 0.3) is 0 Å². The molecule has 4 heteroatoms. The summed E-state index contributed by atoms with van der Waals surface area (Å²) < 4.78 is 5.64. The summed E-state index contributed by atoms with van der Waals surface area (Å²) in [6.45, 7) is 6.03. The van der Waals surface area contributed by atoms with E-state index in [1.54, 1.807) is 0 Å². The van der Waals surface area contributed by atoms with Gasteiger partial charge in [0, 0.05) is 22.7 Å². The predicted octanol–water partition coefficient (Wildman–Crippen LogP) is 4.72. The van der Waals surface area contributed by atoms with E-state index in [1.807, 2.05) is 18.2 Å². The first-order valence-electron chi connectivity index (χ1n) is 7.91. The van der Waals surface area contributed by atoms with Gasteiger partial charge in [0.1, 0.15) is 0 Å². The van der Waals surface area contributed by atoms with Crippen LogP contribution in [0, 0.1) is 5.92 Å². The summed E-state index contributed by atoms with van der Waals surface area (Å²) in [5.41, 5.74) is 1.17. The Morgan fingerprint density at radius 1 is 1.29 bits per heavy atom. The van der Waals surface area contributed by atoms with E-state index < -0.39 is 0 Å². The number of nitrogens with one attached hydrogen (secondary N) is 1. The Morgan fingerprint density at radius 2 is 2.05 bits per heavy atom. The Balaban J connectivity index is 1.87. The lowest BCUT2D eigenvalue weighted by Gasteiger charge is -2.37. The molecule has 0 bridgehead atoms. The summed E-state index contributed by atoms with van der Waals surface area (Å²) in [6, 6.07) is 6.26. The molecule has 0 aliphatic heterocycles. The van der Waals surface area contributed by atoms with Crippen LogP contribution in [0.2, 0.25) is 10.0 Å². The Hall–Kier alpha value is -0.280. The summed E-state index contributed by atoms with van der Waals surface area (Å²) in [4.78, 5) is 0. The Labute approximate surface area is 138 Å². The zero-order valence-electron chi connectivity index (χ0n) is 12.9. The number of ether oxygens (including phenoxy) is 1. The van der Waals surface area contributed by atoms with Gasteiger partial charge in [-0.25, -0.2) is 0 Å². The van der Waals surface area contributed by atoms with Crippen molar-refractivity contribution < 1.29 is 4.74 Å². The van der Waals surface area contributed by atoms with E-state index in [-0.39, 0.29) is 0 Å². The van der Waals surface area contributed by atoms with Crippen LogP contribution in [0.1, 0.15) is 38.7 Å². The van der Waals surface area contributed by atoms with Gasteiger partial charge in [0.25, 0.3) is 0 Å². The van der Waals surface area contributed by atoms with Crippen molar-refractivity contribution in [2.45, 2.75) is 51.7 Å². The smallest absolute Gasteiger partial charge is 0.0580 e. The lowest BCUT2D eigenvalue weighted by atomic mass is 9.77. The summed E-state index contributed by atoms with van der Waals surface area (Å²) in [5, 5.41) is 5.05. The summed E-state index contributed by atoms with van der Waals surface area (Å²) >= 11 is 12.3. The zero-order valence-corrected chi connectivity index (χ0v) is 14.4. The van der Waals surface area contributed by atoms with E-state index in [0.29, 0.717) is 17.2 Å². The van der Waals surface area contributed by atoms with E-state index in [4.69, 9.17) is 27.9 Å².